The highest BCUT2D eigenvalue weighted by molar-refractivity contribution is 6.22. The molecule has 165 valence electrons. The van der Waals surface area contributed by atoms with Gasteiger partial charge in [-0.15, -0.1) is 18.2 Å². The van der Waals surface area contributed by atoms with Crippen LogP contribution in [0.15, 0.2) is 79.4 Å². The molecule has 0 amide bonds. The van der Waals surface area contributed by atoms with E-state index in [0.717, 1.165) is 38.9 Å². The minimum absolute atomic E-state index is 0.396. The fraction of sp³-hybridized carbons (Fsp3) is 0.214. The number of allylic oxidation sites excluding steroid dienone is 1. The summed E-state index contributed by atoms with van der Waals surface area (Å²) in [5, 5.41) is -0.396. The van der Waals surface area contributed by atoms with Crippen molar-refractivity contribution in [3.63, 3.8) is 0 Å². The topological polar surface area (TPSA) is 52.6 Å². The Bertz CT molecular complexity index is 1230. The molecule has 4 atom stereocenters. The number of hydrogen-bond acceptors (Lipinski definition) is 4. The Balaban J connectivity index is 1.53. The third kappa shape index (κ3) is 3.65. The first kappa shape index (κ1) is 21.5. The highest BCUT2D eigenvalue weighted by Crippen LogP contribution is 2.48. The number of carbonyl (C=O) groups is 1. The fourth-order valence-corrected chi connectivity index (χ4v) is 5.61. The van der Waals surface area contributed by atoms with Gasteiger partial charge in [-0.3, -0.25) is 0 Å². The van der Waals surface area contributed by atoms with Gasteiger partial charge in [0.1, 0.15) is 0 Å². The molecule has 0 aromatic heterocycles. The lowest BCUT2D eigenvalue weighted by molar-refractivity contribution is -0.157. The van der Waals surface area contributed by atoms with Crippen LogP contribution in [0.5, 0.6) is 0 Å². The summed E-state index contributed by atoms with van der Waals surface area (Å²) in [6.07, 6.45) is 1.28. The van der Waals surface area contributed by atoms with Gasteiger partial charge < -0.3 is 9.47 Å². The molecule has 33 heavy (non-hydrogen) atoms. The van der Waals surface area contributed by atoms with Crippen molar-refractivity contribution in [2.45, 2.75) is 36.3 Å². The number of esters is 1. The molecule has 0 aliphatic heterocycles. The van der Waals surface area contributed by atoms with Crippen LogP contribution < -0.4 is 0 Å². The van der Waals surface area contributed by atoms with Crippen molar-refractivity contribution in [2.75, 3.05) is 0 Å². The molecule has 0 N–H and O–H groups in total. The third-order valence-corrected chi connectivity index (χ3v) is 6.97. The Morgan fingerprint density at radius 1 is 1.06 bits per heavy atom. The molecule has 0 spiro atoms. The molecule has 0 saturated heterocycles. The van der Waals surface area contributed by atoms with Crippen LogP contribution in [0.4, 0.5) is 0 Å². The largest absolute Gasteiger partial charge is 0.450 e. The lowest BCUT2D eigenvalue weighted by Gasteiger charge is -2.26. The number of alkyl halides is 1. The summed E-state index contributed by atoms with van der Waals surface area (Å²) in [6.45, 7) is 5.31. The van der Waals surface area contributed by atoms with E-state index in [-0.39, 0.29) is 0 Å². The van der Waals surface area contributed by atoms with Crippen molar-refractivity contribution >= 4 is 24.0 Å². The number of hydrogen-bond donors (Lipinski definition) is 0. The molecule has 3 aromatic carbocycles. The van der Waals surface area contributed by atoms with Gasteiger partial charge in [-0.05, 0) is 40.7 Å². The second-order valence-electron chi connectivity index (χ2n) is 8.34. The molecule has 0 bridgehead atoms. The van der Waals surface area contributed by atoms with Gasteiger partial charge >= 0.3 is 12.4 Å². The Labute approximate surface area is 197 Å². The van der Waals surface area contributed by atoms with Crippen LogP contribution in [0.2, 0.25) is 0 Å². The average Bonchev–Trinajstić information content (AvgIpc) is 3.33. The van der Waals surface area contributed by atoms with E-state index in [2.05, 4.69) is 6.58 Å². The van der Waals surface area contributed by atoms with E-state index in [1.165, 1.54) is 6.47 Å². The van der Waals surface area contributed by atoms with Gasteiger partial charge in [-0.25, -0.2) is 9.59 Å². The molecule has 2 aliphatic carbocycles. The summed E-state index contributed by atoms with van der Waals surface area (Å²) in [5.74, 6) is -1.14. The van der Waals surface area contributed by atoms with E-state index >= 15 is 0 Å². The summed E-state index contributed by atoms with van der Waals surface area (Å²) in [4.78, 5) is 24.8. The molecule has 1 radical (unpaired) electrons. The zero-order valence-electron chi connectivity index (χ0n) is 17.9. The number of ether oxygens (including phenoxy) is 2. The van der Waals surface area contributed by atoms with Gasteiger partial charge in [-0.2, -0.15) is 0 Å². The predicted octanol–water partition coefficient (Wildman–Crippen LogP) is 5.43. The maximum absolute atomic E-state index is 13.5. The van der Waals surface area contributed by atoms with E-state index in [1.54, 1.807) is 0 Å². The van der Waals surface area contributed by atoms with Crippen LogP contribution in [-0.4, -0.2) is 23.9 Å². The van der Waals surface area contributed by atoms with Crippen LogP contribution in [0.25, 0.3) is 11.1 Å². The molecule has 4 unspecified atom stereocenters. The first-order valence-electron chi connectivity index (χ1n) is 10.9. The molecule has 2 aliphatic rings. The first-order valence-corrected chi connectivity index (χ1v) is 11.3. The summed E-state index contributed by atoms with van der Waals surface area (Å²) < 4.78 is 11.3. The Kier molecular flexibility index (Phi) is 5.77. The van der Waals surface area contributed by atoms with Gasteiger partial charge in [-0.1, -0.05) is 72.8 Å². The number of rotatable bonds is 7. The maximum atomic E-state index is 13.5. The first-order chi connectivity index (χ1) is 16.1. The van der Waals surface area contributed by atoms with Crippen LogP contribution in [-0.2, 0) is 31.9 Å². The van der Waals surface area contributed by atoms with Gasteiger partial charge in [0.25, 0.3) is 0 Å². The summed E-state index contributed by atoms with van der Waals surface area (Å²) in [7, 11) is 0. The standard InChI is InChI=1S/C28H22ClO4/c1-2-8-17-10-7-14-21-20-12-5-6-13-22(20)26(24(17)21)33-28(31)27(32-16-30)25-19-11-4-3-9-18(19)15-23(25)29/h2-7,9-14,23,25-27H,1,8,15H2. The summed E-state index contributed by atoms with van der Waals surface area (Å²) in [5.41, 5.74) is 6.88. The van der Waals surface area contributed by atoms with Crippen LogP contribution in [0.1, 0.15) is 39.8 Å². The predicted molar refractivity (Wildman–Crippen MR) is 127 cm³/mol. The van der Waals surface area contributed by atoms with Gasteiger partial charge in [0.15, 0.2) is 6.10 Å². The molecule has 0 heterocycles. The van der Waals surface area contributed by atoms with Crippen molar-refractivity contribution in [1.29, 1.82) is 0 Å². The number of halogens is 1. The zero-order chi connectivity index (χ0) is 22.9. The highest BCUT2D eigenvalue weighted by Gasteiger charge is 2.44. The average molecular weight is 458 g/mol. The van der Waals surface area contributed by atoms with Crippen molar-refractivity contribution in [3.05, 3.63) is 107 Å². The lowest BCUT2D eigenvalue weighted by atomic mass is 9.94. The van der Waals surface area contributed by atoms with Crippen molar-refractivity contribution in [2.24, 2.45) is 0 Å². The van der Waals surface area contributed by atoms with E-state index < -0.39 is 29.5 Å². The second-order valence-corrected chi connectivity index (χ2v) is 8.90. The minimum atomic E-state index is -1.18. The van der Waals surface area contributed by atoms with Gasteiger partial charge in [0.05, 0.1) is 0 Å². The lowest BCUT2D eigenvalue weighted by Crippen LogP contribution is -2.36. The molecular weight excluding hydrogens is 436 g/mol. The van der Waals surface area contributed by atoms with E-state index in [0.29, 0.717) is 12.8 Å². The molecular formula is C28H22ClO4. The minimum Gasteiger partial charge on any atom is -0.450 e. The van der Waals surface area contributed by atoms with E-state index in [1.807, 2.05) is 72.8 Å². The van der Waals surface area contributed by atoms with Crippen LogP contribution in [0.3, 0.4) is 0 Å². The second kappa shape index (κ2) is 8.87. The van der Waals surface area contributed by atoms with Gasteiger partial charge in [0, 0.05) is 22.4 Å². The smallest absolute Gasteiger partial charge is 0.418 e. The number of benzene rings is 3. The van der Waals surface area contributed by atoms with E-state index in [4.69, 9.17) is 21.1 Å². The molecule has 5 rings (SSSR count). The maximum Gasteiger partial charge on any atom is 0.418 e. The molecule has 0 saturated carbocycles. The Morgan fingerprint density at radius 3 is 2.58 bits per heavy atom. The molecule has 4 nitrogen and oxygen atoms in total. The number of fused-ring (bicyclic) bond motifs is 4. The van der Waals surface area contributed by atoms with Crippen LogP contribution in [0, 0.1) is 0 Å². The van der Waals surface area contributed by atoms with Crippen molar-refractivity contribution in [3.8, 4) is 11.1 Å². The van der Waals surface area contributed by atoms with E-state index in [9.17, 15) is 9.59 Å². The Hall–Kier alpha value is -3.37. The third-order valence-electron chi connectivity index (χ3n) is 6.54. The van der Waals surface area contributed by atoms with Crippen molar-refractivity contribution in [1.82, 2.24) is 0 Å². The Morgan fingerprint density at radius 2 is 1.79 bits per heavy atom. The summed E-state index contributed by atoms with van der Waals surface area (Å²) >= 11 is 6.63. The summed E-state index contributed by atoms with van der Waals surface area (Å²) in [6, 6.07) is 21.6. The monoisotopic (exact) mass is 457 g/mol. The van der Waals surface area contributed by atoms with Gasteiger partial charge in [0.2, 0.25) is 6.10 Å². The molecule has 3 aromatic rings. The highest BCUT2D eigenvalue weighted by atomic mass is 35.5. The fourth-order valence-electron chi connectivity index (χ4n) is 5.17. The molecule has 5 heteroatoms. The zero-order valence-corrected chi connectivity index (χ0v) is 18.6. The van der Waals surface area contributed by atoms with Crippen molar-refractivity contribution < 1.29 is 19.1 Å². The van der Waals surface area contributed by atoms with Crippen LogP contribution >= 0.6 is 11.6 Å². The SMILES string of the molecule is C=CCc1cccc2c1C(OC(=O)C(O[C]=O)C1c3ccccc3CC1Cl)c1ccccc1-2. The number of carbonyl (C=O) groups excluding carboxylic acids is 2. The normalized spacial score (nSPS) is 20.8. The molecule has 0 fully saturated rings. The quantitative estimate of drug-likeness (QED) is 0.270.